The van der Waals surface area contributed by atoms with Gasteiger partial charge in [-0.2, -0.15) is 40.6 Å². The molecule has 0 heterocycles. The van der Waals surface area contributed by atoms with Crippen molar-refractivity contribution in [3.63, 3.8) is 0 Å². The van der Waals surface area contributed by atoms with E-state index in [1.807, 2.05) is 0 Å². The van der Waals surface area contributed by atoms with E-state index in [-0.39, 0.29) is 17.2 Å². The zero-order valence-electron chi connectivity index (χ0n) is 28.1. The van der Waals surface area contributed by atoms with E-state index in [1.54, 1.807) is 42.5 Å². The molecule has 0 aliphatic heterocycles. The molecule has 56 heavy (non-hydrogen) atoms. The first-order valence-electron chi connectivity index (χ1n) is 15.6. The van der Waals surface area contributed by atoms with Crippen LogP contribution >= 0.6 is 0 Å². The van der Waals surface area contributed by atoms with Gasteiger partial charge in [0.15, 0.2) is 11.5 Å². The van der Waals surface area contributed by atoms with Crippen LogP contribution in [-0.2, 0) is 35.1 Å². The molecule has 6 rings (SSSR count). The predicted molar refractivity (Wildman–Crippen MR) is 207 cm³/mol. The summed E-state index contributed by atoms with van der Waals surface area (Å²) in [5.74, 6) is -1.36. The van der Waals surface area contributed by atoms with Gasteiger partial charge in [0.1, 0.15) is 20.4 Å². The number of ketones is 2. The monoisotopic (exact) mass is 818 g/mol. The maximum Gasteiger partial charge on any atom is 0.296 e. The summed E-state index contributed by atoms with van der Waals surface area (Å²) in [6.45, 7) is 0. The molecule has 0 saturated carbocycles. The van der Waals surface area contributed by atoms with E-state index in [4.69, 9.17) is 5.73 Å². The smallest absolute Gasteiger partial charge is 0.296 e. The Morgan fingerprint density at radius 3 is 1.86 bits per heavy atom. The van der Waals surface area contributed by atoms with Gasteiger partial charge in [0, 0.05) is 5.69 Å². The average molecular weight is 819 g/mol. The molecule has 2 aliphatic carbocycles. The van der Waals surface area contributed by atoms with Gasteiger partial charge in [-0.25, -0.2) is 0 Å². The van der Waals surface area contributed by atoms with Gasteiger partial charge in [0.05, 0.1) is 39.7 Å². The zero-order valence-corrected chi connectivity index (χ0v) is 30.5. The number of hydrazone groups is 2. The number of hydrogen-bond donors (Lipinski definition) is 7. The van der Waals surface area contributed by atoms with Gasteiger partial charge in [0.2, 0.25) is 5.78 Å². The average Bonchev–Trinajstić information content (AvgIpc) is 3.13. The van der Waals surface area contributed by atoms with E-state index in [1.165, 1.54) is 48.6 Å². The quantitative estimate of drug-likeness (QED) is 0.0333. The number of rotatable bonds is 11. The van der Waals surface area contributed by atoms with Gasteiger partial charge >= 0.3 is 0 Å². The minimum Gasteiger partial charge on any atom is -0.396 e. The molecule has 0 aromatic heterocycles. The molecule has 2 aliphatic rings. The summed E-state index contributed by atoms with van der Waals surface area (Å²) in [5, 5.41) is 18.5. The van der Waals surface area contributed by atoms with Crippen LogP contribution in [0.3, 0.4) is 0 Å². The van der Waals surface area contributed by atoms with Crippen LogP contribution in [0.15, 0.2) is 138 Å². The predicted octanol–water partition coefficient (Wildman–Crippen LogP) is 5.28. The fraction of sp³-hybridized carbons (Fsp3) is 0. The molecule has 0 spiro atoms. The number of nitrogens with one attached hydrogen (secondary N) is 3. The van der Waals surface area contributed by atoms with E-state index in [0.717, 1.165) is 12.1 Å². The minimum atomic E-state index is -5.22. The topological polar surface area (TPSA) is 309 Å². The molecular formula is C34H26N8O11S3. The Balaban J connectivity index is 1.33. The second-order valence-electron chi connectivity index (χ2n) is 11.6. The molecule has 0 atom stereocenters. The number of fused-ring (bicyclic) bond motifs is 1. The molecule has 0 fully saturated rings. The molecule has 22 heteroatoms. The number of carbonyl (C=O) groups is 2. The van der Waals surface area contributed by atoms with Crippen LogP contribution in [0.2, 0.25) is 0 Å². The molecule has 0 unspecified atom stereocenters. The lowest BCUT2D eigenvalue weighted by molar-refractivity contribution is -0.110. The Bertz CT molecular complexity index is 2820. The number of anilines is 5. The van der Waals surface area contributed by atoms with Crippen molar-refractivity contribution in [2.24, 2.45) is 20.4 Å². The number of nitrogens with two attached hydrogens (primary N) is 1. The summed E-state index contributed by atoms with van der Waals surface area (Å²) in [6, 6.07) is 18.4. The van der Waals surface area contributed by atoms with Crippen LogP contribution in [0.5, 0.6) is 0 Å². The van der Waals surface area contributed by atoms with E-state index in [0.29, 0.717) is 28.8 Å². The third-order valence-electron chi connectivity index (χ3n) is 7.74. The first-order chi connectivity index (χ1) is 26.4. The highest BCUT2D eigenvalue weighted by molar-refractivity contribution is 7.91. The van der Waals surface area contributed by atoms with Crippen LogP contribution in [-0.4, -0.2) is 61.9 Å². The van der Waals surface area contributed by atoms with Crippen molar-refractivity contribution in [2.75, 3.05) is 21.9 Å². The number of nitrogens with zero attached hydrogens (tertiary/aromatic N) is 4. The van der Waals surface area contributed by atoms with Gasteiger partial charge in [-0.3, -0.25) is 34.1 Å². The third kappa shape index (κ3) is 8.81. The van der Waals surface area contributed by atoms with Gasteiger partial charge < -0.3 is 11.1 Å². The van der Waals surface area contributed by atoms with Crippen molar-refractivity contribution in [1.82, 2.24) is 0 Å². The van der Waals surface area contributed by atoms with Crippen molar-refractivity contribution in [3.05, 3.63) is 119 Å². The molecule has 8 N–H and O–H groups in total. The van der Waals surface area contributed by atoms with E-state index in [2.05, 4.69) is 36.6 Å². The fourth-order valence-corrected chi connectivity index (χ4v) is 7.16. The molecule has 0 amide bonds. The Hall–Kier alpha value is -6.69. The molecule has 19 nitrogen and oxygen atoms in total. The number of nitrogen functional groups attached to an aromatic ring is 1. The van der Waals surface area contributed by atoms with Gasteiger partial charge in [0.25, 0.3) is 30.4 Å². The Labute approximate surface area is 318 Å². The van der Waals surface area contributed by atoms with Crippen LogP contribution < -0.4 is 21.9 Å². The Morgan fingerprint density at radius 1 is 0.625 bits per heavy atom. The molecule has 0 bridgehead atoms. The normalized spacial score (nSPS) is 15.2. The molecule has 4 aromatic rings. The van der Waals surface area contributed by atoms with Gasteiger partial charge in [-0.1, -0.05) is 18.2 Å². The second-order valence-corrected chi connectivity index (χ2v) is 15.8. The molecule has 0 saturated heterocycles. The number of hydrogen-bond acceptors (Lipinski definition) is 16. The van der Waals surface area contributed by atoms with Gasteiger partial charge in [-0.05, 0) is 96.6 Å². The highest BCUT2D eigenvalue weighted by Gasteiger charge is 2.37. The molecule has 0 radical (unpaired) electrons. The maximum absolute atomic E-state index is 13.7. The zero-order chi connectivity index (χ0) is 40.4. The molecular weight excluding hydrogens is 793 g/mol. The van der Waals surface area contributed by atoms with Crippen LogP contribution in [0.1, 0.15) is 15.9 Å². The number of carbonyl (C=O) groups excluding carboxylic acids is 2. The first kappa shape index (κ1) is 39.0. The van der Waals surface area contributed by atoms with Crippen LogP contribution in [0.4, 0.5) is 39.8 Å². The maximum atomic E-state index is 13.7. The first-order valence-corrected chi connectivity index (χ1v) is 19.9. The SMILES string of the molecule is Nc1c(N=Nc2ccc(Nc3ccc(NN=C4C=CC(=O)C=C4)cc3)c(S(=O)(=O)O)c2)c(S(=O)(=O)O)cc2c1C(=O)/C(=N/Nc1ccccc1)C(S(=O)(=O)O)=C2. The van der Waals surface area contributed by atoms with Crippen LogP contribution in [0, 0.1) is 0 Å². The molecule has 286 valence electrons. The highest BCUT2D eigenvalue weighted by Crippen LogP contribution is 2.41. The lowest BCUT2D eigenvalue weighted by Gasteiger charge is -2.20. The lowest BCUT2D eigenvalue weighted by atomic mass is 9.92. The summed E-state index contributed by atoms with van der Waals surface area (Å²) in [7, 11) is -15.3. The van der Waals surface area contributed by atoms with E-state index < -0.39 is 79.0 Å². The van der Waals surface area contributed by atoms with Gasteiger partial charge in [-0.15, -0.1) is 5.11 Å². The van der Waals surface area contributed by atoms with Crippen molar-refractivity contribution < 1.29 is 48.5 Å². The number of azo groups is 1. The number of allylic oxidation sites excluding steroid dienone is 5. The summed E-state index contributed by atoms with van der Waals surface area (Å²) in [4.78, 5) is 22.3. The standard InChI is InChI=1S/C34H26N8O11S3/c35-31-30-19(17-29(56(51,52)53)33(34(30)44)42-39-21-4-2-1-3-5-21)16-28(55(48,49)50)32(31)41-40-24-12-15-26(27(18-24)54(45,46)47)36-20-6-8-22(9-7-20)37-38-23-10-13-25(43)14-11-23/h1-18,36-37,39H,35H2,(H,45,46,47)(H,48,49,50)(H,51,52,53)/b41-40?,42-33+. The summed E-state index contributed by atoms with van der Waals surface area (Å²) >= 11 is 0. The van der Waals surface area contributed by atoms with Crippen molar-refractivity contribution >= 4 is 99.2 Å². The largest absolute Gasteiger partial charge is 0.396 e. The van der Waals surface area contributed by atoms with E-state index >= 15 is 0 Å². The number of benzene rings is 4. The summed E-state index contributed by atoms with van der Waals surface area (Å²) < 4.78 is 104. The summed E-state index contributed by atoms with van der Waals surface area (Å²) in [5.41, 5.74) is 9.60. The Kier molecular flexibility index (Phi) is 10.6. The number of para-hydroxylation sites is 1. The number of Topliss-reactive ketones (excluding diaryl/α,β-unsaturated/α-hetero) is 1. The van der Waals surface area contributed by atoms with E-state index in [9.17, 15) is 48.5 Å². The van der Waals surface area contributed by atoms with Crippen molar-refractivity contribution in [3.8, 4) is 0 Å². The minimum absolute atomic E-state index is 0.107. The summed E-state index contributed by atoms with van der Waals surface area (Å²) in [6.07, 6.45) is 6.50. The highest BCUT2D eigenvalue weighted by atomic mass is 32.2. The Morgan fingerprint density at radius 2 is 1.23 bits per heavy atom. The van der Waals surface area contributed by atoms with Crippen LogP contribution in [0.25, 0.3) is 6.08 Å². The molecule has 4 aromatic carbocycles. The fourth-order valence-electron chi connectivity index (χ4n) is 5.16. The second kappa shape index (κ2) is 15.2. The van der Waals surface area contributed by atoms with Crippen molar-refractivity contribution in [1.29, 1.82) is 0 Å². The van der Waals surface area contributed by atoms with Crippen molar-refractivity contribution in [2.45, 2.75) is 9.79 Å². The third-order valence-corrected chi connectivity index (χ3v) is 10.4. The lowest BCUT2D eigenvalue weighted by Crippen LogP contribution is -2.28.